The van der Waals surface area contributed by atoms with Crippen molar-refractivity contribution in [1.29, 1.82) is 0 Å². The van der Waals surface area contributed by atoms with Crippen LogP contribution in [0.3, 0.4) is 0 Å². The fraction of sp³-hybridized carbons (Fsp3) is 0.111. The van der Waals surface area contributed by atoms with E-state index >= 15 is 0 Å². The summed E-state index contributed by atoms with van der Waals surface area (Å²) >= 11 is 38.1. The van der Waals surface area contributed by atoms with Crippen molar-refractivity contribution in [3.63, 3.8) is 0 Å². The number of hydrogen-bond acceptors (Lipinski definition) is 0. The van der Waals surface area contributed by atoms with Gasteiger partial charge in [-0.05, 0) is 10.8 Å². The largest absolute Gasteiger partial charge is 0.283 e. The lowest BCUT2D eigenvalue weighted by atomic mass is 10.2. The van der Waals surface area contributed by atoms with Crippen LogP contribution >= 0.6 is 66.5 Å². The molecule has 0 bridgehead atoms. The maximum absolute atomic E-state index is 6.57. The third-order valence-corrected chi connectivity index (χ3v) is 26.2. The van der Waals surface area contributed by atoms with Crippen molar-refractivity contribution in [3.05, 3.63) is 41.6 Å². The van der Waals surface area contributed by atoms with E-state index in [1.54, 1.807) is 0 Å². The molecule has 0 amide bonds. The lowest BCUT2D eigenvalue weighted by Gasteiger charge is -2.27. The van der Waals surface area contributed by atoms with Crippen LogP contribution in [-0.4, -0.2) is 20.8 Å². The van der Waals surface area contributed by atoms with E-state index in [1.807, 2.05) is 36.0 Å². The van der Waals surface area contributed by atoms with Crippen LogP contribution in [-0.2, 0) is 0 Å². The van der Waals surface area contributed by atoms with Gasteiger partial charge in [-0.2, -0.15) is 0 Å². The Morgan fingerprint density at radius 1 is 0.944 bits per heavy atom. The fourth-order valence-corrected chi connectivity index (χ4v) is 35.5. The monoisotopic (exact) mass is 409 g/mol. The molecule has 0 N–H and O–H groups in total. The van der Waals surface area contributed by atoms with Crippen molar-refractivity contribution in [2.45, 2.75) is 4.79 Å². The molecule has 18 heavy (non-hydrogen) atoms. The first-order valence-electron chi connectivity index (χ1n) is 4.99. The molecule has 1 atom stereocenters. The fourth-order valence-electron chi connectivity index (χ4n) is 1.95. The first-order chi connectivity index (χ1) is 8.27. The van der Waals surface area contributed by atoms with Crippen molar-refractivity contribution >= 4 is 92.5 Å². The molecule has 0 aromatic heterocycles. The molecule has 1 unspecified atom stereocenters. The Hall–Kier alpha value is 1.35. The van der Waals surface area contributed by atoms with E-state index in [0.29, 0.717) is 0 Å². The summed E-state index contributed by atoms with van der Waals surface area (Å²) in [6.07, 6.45) is 0. The third-order valence-electron chi connectivity index (χ3n) is 2.75. The van der Waals surface area contributed by atoms with Crippen LogP contribution in [0.5, 0.6) is 0 Å². The summed E-state index contributed by atoms with van der Waals surface area (Å²) in [5.74, 6) is 0. The molecule has 1 aliphatic rings. The Morgan fingerprint density at radius 3 is 1.94 bits per heavy atom. The first kappa shape index (κ1) is 15.7. The SMILES string of the molecule is Cl[Si](Cl)C1[Si](Cl)(Cl)C=C(c2ccccc2)[Si]1(Cl)Cl. The maximum Gasteiger partial charge on any atom is 0.283 e. The van der Waals surface area contributed by atoms with Gasteiger partial charge in [0.1, 0.15) is 0 Å². The molecule has 0 fully saturated rings. The van der Waals surface area contributed by atoms with Gasteiger partial charge in [0.15, 0.2) is 0 Å². The van der Waals surface area contributed by atoms with Gasteiger partial charge in [-0.25, -0.2) is 0 Å². The lowest BCUT2D eigenvalue weighted by molar-refractivity contribution is 1.64. The van der Waals surface area contributed by atoms with Crippen LogP contribution in [0.15, 0.2) is 36.0 Å². The second kappa shape index (κ2) is 5.62. The standard InChI is InChI=1S/C9H7Cl6Si3/c10-16(11)9-17(12,13)6-8(18(9,14)15)7-4-2-1-3-5-7/h1-6,9H. The molecule has 1 heterocycles. The quantitative estimate of drug-likeness (QED) is 0.450. The minimum atomic E-state index is -2.85. The highest BCUT2D eigenvalue weighted by molar-refractivity contribution is 7.71. The Morgan fingerprint density at radius 2 is 1.50 bits per heavy atom. The van der Waals surface area contributed by atoms with E-state index in [2.05, 4.69) is 0 Å². The van der Waals surface area contributed by atoms with Gasteiger partial charge in [0, 0.05) is 4.79 Å². The molecule has 0 aliphatic carbocycles. The summed E-state index contributed by atoms with van der Waals surface area (Å²) in [6, 6.07) is 9.63. The molecule has 1 aromatic carbocycles. The first-order valence-corrected chi connectivity index (χ1v) is 16.9. The second-order valence-electron chi connectivity index (χ2n) is 3.94. The molecule has 9 heteroatoms. The Labute approximate surface area is 138 Å². The highest BCUT2D eigenvalue weighted by Gasteiger charge is 2.62. The molecule has 1 aliphatic heterocycles. The Kier molecular flexibility index (Phi) is 4.91. The molecule has 97 valence electrons. The zero-order valence-corrected chi connectivity index (χ0v) is 16.3. The van der Waals surface area contributed by atoms with Crippen LogP contribution in [0, 0.1) is 0 Å². The van der Waals surface area contributed by atoms with Crippen LogP contribution in [0.25, 0.3) is 5.20 Å². The predicted octanol–water partition coefficient (Wildman–Crippen LogP) is 5.42. The third kappa shape index (κ3) is 2.85. The van der Waals surface area contributed by atoms with Crippen LogP contribution in [0.1, 0.15) is 5.56 Å². The molecular formula is C9H7Cl6Si3. The lowest BCUT2D eigenvalue weighted by Crippen LogP contribution is -2.41. The van der Waals surface area contributed by atoms with Crippen molar-refractivity contribution in [3.8, 4) is 0 Å². The van der Waals surface area contributed by atoms with Crippen LogP contribution in [0.4, 0.5) is 0 Å². The second-order valence-corrected chi connectivity index (χ2v) is 22.9. The number of halogens is 6. The van der Waals surface area contributed by atoms with E-state index in [0.717, 1.165) is 10.8 Å². The average molecular weight is 412 g/mol. The summed E-state index contributed by atoms with van der Waals surface area (Å²) in [5, 5.41) is 0.844. The summed E-state index contributed by atoms with van der Waals surface area (Å²) in [5.41, 5.74) is 2.78. The molecule has 0 saturated heterocycles. The van der Waals surface area contributed by atoms with E-state index in [9.17, 15) is 0 Å². The molecule has 0 spiro atoms. The van der Waals surface area contributed by atoms with E-state index in [1.165, 1.54) is 0 Å². The van der Waals surface area contributed by atoms with Crippen LogP contribution < -0.4 is 0 Å². The minimum Gasteiger partial charge on any atom is -0.147 e. The zero-order valence-electron chi connectivity index (χ0n) is 8.81. The highest BCUT2D eigenvalue weighted by Crippen LogP contribution is 2.57. The molecular weight excluding hydrogens is 405 g/mol. The maximum atomic E-state index is 6.57. The van der Waals surface area contributed by atoms with Crippen molar-refractivity contribution in [1.82, 2.24) is 0 Å². The van der Waals surface area contributed by atoms with Gasteiger partial charge in [0.05, 0.1) is 0 Å². The van der Waals surface area contributed by atoms with Crippen molar-refractivity contribution in [2.24, 2.45) is 0 Å². The smallest absolute Gasteiger partial charge is 0.147 e. The van der Waals surface area contributed by atoms with E-state index < -0.39 is 20.8 Å². The number of benzene rings is 1. The summed E-state index contributed by atoms with van der Waals surface area (Å²) in [4.78, 5) is -0.333. The van der Waals surface area contributed by atoms with Gasteiger partial charge >= 0.3 is 0 Å². The van der Waals surface area contributed by atoms with Gasteiger partial charge in [-0.15, -0.1) is 66.5 Å². The van der Waals surface area contributed by atoms with Gasteiger partial charge in [0.25, 0.3) is 20.8 Å². The topological polar surface area (TPSA) is 0 Å². The van der Waals surface area contributed by atoms with E-state index in [4.69, 9.17) is 66.5 Å². The average Bonchev–Trinajstić information content (AvgIpc) is 2.45. The Bertz CT molecular complexity index is 472. The van der Waals surface area contributed by atoms with Gasteiger partial charge < -0.3 is 0 Å². The molecule has 0 saturated carbocycles. The highest BCUT2D eigenvalue weighted by atomic mass is 35.7. The summed E-state index contributed by atoms with van der Waals surface area (Å²) < 4.78 is 0. The van der Waals surface area contributed by atoms with Gasteiger partial charge in [-0.1, -0.05) is 36.0 Å². The summed E-state index contributed by atoms with van der Waals surface area (Å²) in [6.45, 7) is -5.61. The van der Waals surface area contributed by atoms with Gasteiger partial charge in [0.2, 0.25) is 0 Å². The van der Waals surface area contributed by atoms with Crippen molar-refractivity contribution in [2.75, 3.05) is 0 Å². The predicted molar refractivity (Wildman–Crippen MR) is 90.5 cm³/mol. The molecule has 2 rings (SSSR count). The molecule has 1 radical (unpaired) electrons. The molecule has 0 nitrogen and oxygen atoms in total. The number of hydrogen-bond donors (Lipinski definition) is 0. The van der Waals surface area contributed by atoms with E-state index in [-0.39, 0.29) is 4.79 Å². The normalized spacial score (nSPS) is 25.3. The Balaban J connectivity index is 2.50. The van der Waals surface area contributed by atoms with Crippen molar-refractivity contribution < 1.29 is 0 Å². The summed E-state index contributed by atoms with van der Waals surface area (Å²) in [7, 11) is -1.78. The molecule has 1 aromatic rings. The minimum absolute atomic E-state index is 0.333. The van der Waals surface area contributed by atoms with Crippen LogP contribution in [0.2, 0.25) is 4.79 Å². The number of rotatable bonds is 2. The van der Waals surface area contributed by atoms with Gasteiger partial charge in [-0.3, -0.25) is 0 Å². The zero-order chi connectivity index (χ0) is 13.6.